The van der Waals surface area contributed by atoms with Gasteiger partial charge in [0.2, 0.25) is 10.0 Å². The van der Waals surface area contributed by atoms with Crippen molar-refractivity contribution < 1.29 is 13.2 Å². The minimum atomic E-state index is -3.65. The maximum absolute atomic E-state index is 12.8. The molecule has 1 aliphatic carbocycles. The Morgan fingerprint density at radius 2 is 1.96 bits per heavy atom. The normalized spacial score (nSPS) is 23.1. The van der Waals surface area contributed by atoms with Crippen molar-refractivity contribution in [2.75, 3.05) is 6.54 Å². The minimum Gasteiger partial charge on any atom is -0.312 e. The molecule has 2 atom stereocenters. The van der Waals surface area contributed by atoms with Crippen molar-refractivity contribution >= 4 is 20.7 Å². The summed E-state index contributed by atoms with van der Waals surface area (Å²) in [4.78, 5) is 12.2. The Kier molecular flexibility index (Phi) is 4.66. The van der Waals surface area contributed by atoms with Crippen molar-refractivity contribution in [3.8, 4) is 0 Å². The van der Waals surface area contributed by atoms with Gasteiger partial charge in [-0.15, -0.1) is 0 Å². The molecule has 0 spiro atoms. The third-order valence-corrected chi connectivity index (χ3v) is 6.20. The summed E-state index contributed by atoms with van der Waals surface area (Å²) in [5.41, 5.74) is 0.985. The molecule has 1 fully saturated rings. The molecule has 1 heterocycles. The van der Waals surface area contributed by atoms with E-state index < -0.39 is 10.0 Å². The molecule has 0 bridgehead atoms. The fourth-order valence-electron chi connectivity index (χ4n) is 3.30. The lowest BCUT2D eigenvalue weighted by molar-refractivity contribution is 0.0994. The first-order chi connectivity index (χ1) is 11.0. The van der Waals surface area contributed by atoms with E-state index in [1.54, 1.807) is 24.3 Å². The maximum Gasteiger partial charge on any atom is 0.241 e. The molecule has 6 heteroatoms. The molecule has 0 aromatic heterocycles. The first-order valence-corrected chi connectivity index (χ1v) is 9.56. The predicted molar refractivity (Wildman–Crippen MR) is 90.5 cm³/mol. The van der Waals surface area contributed by atoms with Gasteiger partial charge >= 0.3 is 0 Å². The Morgan fingerprint density at radius 3 is 2.65 bits per heavy atom. The van der Waals surface area contributed by atoms with Crippen molar-refractivity contribution in [2.24, 2.45) is 0 Å². The monoisotopic (exact) mass is 334 g/mol. The van der Waals surface area contributed by atoms with E-state index in [0.717, 1.165) is 25.8 Å². The number of piperidine rings is 1. The smallest absolute Gasteiger partial charge is 0.241 e. The van der Waals surface area contributed by atoms with Crippen molar-refractivity contribution in [1.29, 1.82) is 0 Å². The Bertz CT molecular complexity index is 734. The number of fused-ring (bicyclic) bond motifs is 1. The lowest BCUT2D eigenvalue weighted by atomic mass is 9.96. The highest BCUT2D eigenvalue weighted by Crippen LogP contribution is 2.30. The average Bonchev–Trinajstić information content (AvgIpc) is 2.55. The number of Topliss-reactive ketones (excluding diaryl/α,β-unsaturated/α-hetero) is 1. The number of sulfonamides is 1. The zero-order valence-electron chi connectivity index (χ0n) is 13.2. The van der Waals surface area contributed by atoms with Crippen molar-refractivity contribution in [1.82, 2.24) is 10.0 Å². The highest BCUT2D eigenvalue weighted by Gasteiger charge is 2.30. The topological polar surface area (TPSA) is 75.3 Å². The van der Waals surface area contributed by atoms with Gasteiger partial charge in [-0.05, 0) is 26.3 Å². The van der Waals surface area contributed by atoms with E-state index in [-0.39, 0.29) is 29.2 Å². The molecule has 2 unspecified atom stereocenters. The van der Waals surface area contributed by atoms with Gasteiger partial charge in [-0.2, -0.15) is 0 Å². The van der Waals surface area contributed by atoms with Crippen LogP contribution in [-0.2, 0) is 10.0 Å². The number of hydrogen-bond acceptors (Lipinski definition) is 4. The molecule has 0 amide bonds. The van der Waals surface area contributed by atoms with Gasteiger partial charge in [0, 0.05) is 29.6 Å². The fourth-order valence-corrected chi connectivity index (χ4v) is 4.85. The van der Waals surface area contributed by atoms with E-state index in [1.807, 2.05) is 6.92 Å². The van der Waals surface area contributed by atoms with Crippen LogP contribution in [0, 0.1) is 0 Å². The largest absolute Gasteiger partial charge is 0.312 e. The van der Waals surface area contributed by atoms with Gasteiger partial charge in [0.25, 0.3) is 0 Å². The number of carbonyl (C=O) groups is 1. The average molecular weight is 334 g/mol. The molecular weight excluding hydrogens is 312 g/mol. The van der Waals surface area contributed by atoms with Gasteiger partial charge < -0.3 is 5.32 Å². The highest BCUT2D eigenvalue weighted by atomic mass is 32.2. The summed E-state index contributed by atoms with van der Waals surface area (Å²) >= 11 is 0. The molecular formula is C17H22N2O3S. The predicted octanol–water partition coefficient (Wildman–Crippen LogP) is 2.06. The molecule has 124 valence electrons. The summed E-state index contributed by atoms with van der Waals surface area (Å²) in [5.74, 6) is -0.0402. The summed E-state index contributed by atoms with van der Waals surface area (Å²) in [6.45, 7) is 2.82. The van der Waals surface area contributed by atoms with E-state index in [1.165, 1.54) is 6.08 Å². The van der Waals surface area contributed by atoms with Gasteiger partial charge in [-0.1, -0.05) is 36.8 Å². The Hall–Kier alpha value is -1.50. The van der Waals surface area contributed by atoms with Gasteiger partial charge in [0.15, 0.2) is 5.78 Å². The molecule has 1 aliphatic heterocycles. The summed E-state index contributed by atoms with van der Waals surface area (Å²) in [6, 6.07) is 6.86. The quantitative estimate of drug-likeness (QED) is 0.884. The van der Waals surface area contributed by atoms with E-state index in [9.17, 15) is 13.2 Å². The van der Waals surface area contributed by atoms with E-state index in [2.05, 4.69) is 10.0 Å². The van der Waals surface area contributed by atoms with Crippen LogP contribution in [-0.4, -0.2) is 32.8 Å². The second kappa shape index (κ2) is 6.55. The minimum absolute atomic E-state index is 0.0402. The molecule has 0 saturated carbocycles. The standard InChI is InChI=1S/C17H22N2O3S/c1-12(15-8-4-5-11-18-15)19-23(21,22)17-10-9-16(20)13-6-2-3-7-14(13)17/h2-3,6-7,10,12,15,18-19H,4-5,8-9,11H2,1H3. The van der Waals surface area contributed by atoms with Gasteiger partial charge in [-0.25, -0.2) is 13.1 Å². The Labute approximate surface area is 137 Å². The molecule has 2 aliphatic rings. The molecule has 1 aromatic rings. The third-order valence-electron chi connectivity index (χ3n) is 4.55. The number of hydrogen-bond donors (Lipinski definition) is 2. The van der Waals surface area contributed by atoms with Crippen LogP contribution in [0.2, 0.25) is 0 Å². The van der Waals surface area contributed by atoms with E-state index >= 15 is 0 Å². The molecule has 0 radical (unpaired) electrons. The fraction of sp³-hybridized carbons (Fsp3) is 0.471. The van der Waals surface area contributed by atoms with Crippen LogP contribution in [0.25, 0.3) is 4.91 Å². The van der Waals surface area contributed by atoms with Crippen molar-refractivity contribution in [2.45, 2.75) is 44.7 Å². The molecule has 3 rings (SSSR count). The second-order valence-electron chi connectivity index (χ2n) is 6.21. The molecule has 23 heavy (non-hydrogen) atoms. The summed E-state index contributed by atoms with van der Waals surface area (Å²) in [6.07, 6.45) is 4.87. The van der Waals surface area contributed by atoms with Crippen molar-refractivity contribution in [3.05, 3.63) is 41.5 Å². The highest BCUT2D eigenvalue weighted by molar-refractivity contribution is 7.98. The number of ketones is 1. The number of carbonyl (C=O) groups excluding carboxylic acids is 1. The van der Waals surface area contributed by atoms with Gasteiger partial charge in [0.1, 0.15) is 0 Å². The summed E-state index contributed by atoms with van der Waals surface area (Å²) in [5, 5.41) is 3.37. The molecule has 2 N–H and O–H groups in total. The third kappa shape index (κ3) is 3.39. The lowest BCUT2D eigenvalue weighted by Gasteiger charge is -2.30. The Balaban J connectivity index is 1.84. The van der Waals surface area contributed by atoms with Crippen LogP contribution in [0.3, 0.4) is 0 Å². The van der Waals surface area contributed by atoms with Crippen LogP contribution >= 0.6 is 0 Å². The number of rotatable bonds is 4. The maximum atomic E-state index is 12.8. The van der Waals surface area contributed by atoms with Crippen LogP contribution in [0.4, 0.5) is 0 Å². The number of benzene rings is 1. The summed E-state index contributed by atoms with van der Waals surface area (Å²) < 4.78 is 28.4. The van der Waals surface area contributed by atoms with E-state index in [0.29, 0.717) is 11.1 Å². The van der Waals surface area contributed by atoms with Gasteiger partial charge in [0.05, 0.1) is 4.91 Å². The zero-order chi connectivity index (χ0) is 16.4. The first-order valence-electron chi connectivity index (χ1n) is 8.07. The first kappa shape index (κ1) is 16.4. The van der Waals surface area contributed by atoms with E-state index in [4.69, 9.17) is 0 Å². The van der Waals surface area contributed by atoms with Crippen molar-refractivity contribution in [3.63, 3.8) is 0 Å². The zero-order valence-corrected chi connectivity index (χ0v) is 14.0. The Morgan fingerprint density at radius 1 is 1.22 bits per heavy atom. The van der Waals surface area contributed by atoms with Crippen LogP contribution in [0.15, 0.2) is 30.3 Å². The van der Waals surface area contributed by atoms with Crippen LogP contribution < -0.4 is 10.0 Å². The SMILES string of the molecule is CC(NS(=O)(=O)C1=CCC(=O)c2ccccc21)C1CCCCN1. The molecule has 5 nitrogen and oxygen atoms in total. The second-order valence-corrected chi connectivity index (χ2v) is 7.89. The van der Waals surface area contributed by atoms with Crippen LogP contribution in [0.5, 0.6) is 0 Å². The number of allylic oxidation sites excluding steroid dienone is 1. The number of nitrogens with one attached hydrogen (secondary N) is 2. The molecule has 1 saturated heterocycles. The molecule has 1 aromatic carbocycles. The summed E-state index contributed by atoms with van der Waals surface area (Å²) in [7, 11) is -3.65. The van der Waals surface area contributed by atoms with Gasteiger partial charge in [-0.3, -0.25) is 4.79 Å². The van der Waals surface area contributed by atoms with Crippen LogP contribution in [0.1, 0.15) is 48.5 Å². The lowest BCUT2D eigenvalue weighted by Crippen LogP contribution is -2.50.